The Morgan fingerprint density at radius 3 is 2.74 bits per heavy atom. The summed E-state index contributed by atoms with van der Waals surface area (Å²) in [5.41, 5.74) is 1.65. The summed E-state index contributed by atoms with van der Waals surface area (Å²) in [5.74, 6) is 0.707. The van der Waals surface area contributed by atoms with E-state index in [0.29, 0.717) is 12.8 Å². The number of nitrogens with zero attached hydrogens (tertiary/aromatic N) is 3. The zero-order valence-electron chi connectivity index (χ0n) is 23.3. The molecule has 0 radical (unpaired) electrons. The van der Waals surface area contributed by atoms with Crippen molar-refractivity contribution in [3.05, 3.63) is 47.4 Å². The highest BCUT2D eigenvalue weighted by Crippen LogP contribution is 2.67. The Bertz CT molecular complexity index is 1280. The van der Waals surface area contributed by atoms with Crippen LogP contribution in [0.15, 0.2) is 41.2 Å². The maximum atomic E-state index is 13.6. The second-order valence-corrected chi connectivity index (χ2v) is 14.7. The van der Waals surface area contributed by atoms with Crippen LogP contribution in [0.25, 0.3) is 6.08 Å². The first-order valence-electron chi connectivity index (χ1n) is 14.1. The van der Waals surface area contributed by atoms with E-state index in [1.807, 2.05) is 24.4 Å². The van der Waals surface area contributed by atoms with E-state index < -0.39 is 17.1 Å². The zero-order valence-corrected chi connectivity index (χ0v) is 24.1. The second-order valence-electron chi connectivity index (χ2n) is 13.7. The SMILES string of the molecule is CC12Cc3cnn(C(C)(C)C)c3C=C1CCC1C2C(O)CC2(C)C1CC[C@]2(O)C(=O)CSc1ccccn1. The third-order valence-electron chi connectivity index (χ3n) is 10.7. The third-order valence-corrected chi connectivity index (χ3v) is 11.6. The smallest absolute Gasteiger partial charge is 0.175 e. The van der Waals surface area contributed by atoms with E-state index in [1.165, 1.54) is 28.6 Å². The van der Waals surface area contributed by atoms with Crippen LogP contribution < -0.4 is 0 Å². The van der Waals surface area contributed by atoms with Crippen molar-refractivity contribution in [2.45, 2.75) is 95.4 Å². The van der Waals surface area contributed by atoms with Gasteiger partial charge in [-0.2, -0.15) is 5.10 Å². The highest BCUT2D eigenvalue weighted by atomic mass is 32.2. The second kappa shape index (κ2) is 8.77. The summed E-state index contributed by atoms with van der Waals surface area (Å²) in [7, 11) is 0. The molecule has 2 heterocycles. The van der Waals surface area contributed by atoms with Crippen LogP contribution in [0, 0.1) is 28.6 Å². The third kappa shape index (κ3) is 3.71. The fraction of sp³-hybridized carbons (Fsp3) is 0.645. The molecule has 7 atom stereocenters. The van der Waals surface area contributed by atoms with Crippen molar-refractivity contribution in [3.8, 4) is 0 Å². The number of ketones is 1. The fourth-order valence-corrected chi connectivity index (χ4v) is 9.70. The number of carbonyl (C=O) groups is 1. The molecule has 4 aliphatic carbocycles. The minimum absolute atomic E-state index is 0.0859. The van der Waals surface area contributed by atoms with Gasteiger partial charge in [0.2, 0.25) is 0 Å². The monoisotopic (exact) mass is 535 g/mol. The molecule has 0 aromatic carbocycles. The Hall–Kier alpha value is -1.96. The van der Waals surface area contributed by atoms with Crippen LogP contribution >= 0.6 is 11.8 Å². The van der Waals surface area contributed by atoms with Gasteiger partial charge in [-0.3, -0.25) is 9.48 Å². The molecule has 38 heavy (non-hydrogen) atoms. The summed E-state index contributed by atoms with van der Waals surface area (Å²) in [6.45, 7) is 11.0. The van der Waals surface area contributed by atoms with Crippen molar-refractivity contribution in [1.82, 2.24) is 14.8 Å². The Balaban J connectivity index is 1.28. The number of aliphatic hydroxyl groups excluding tert-OH is 1. The van der Waals surface area contributed by atoms with Crippen molar-refractivity contribution < 1.29 is 15.0 Å². The first kappa shape index (κ1) is 26.3. The van der Waals surface area contributed by atoms with Crippen molar-refractivity contribution in [2.75, 3.05) is 5.75 Å². The van der Waals surface area contributed by atoms with E-state index >= 15 is 0 Å². The Morgan fingerprint density at radius 1 is 1.24 bits per heavy atom. The van der Waals surface area contributed by atoms with Crippen LogP contribution in [-0.2, 0) is 16.8 Å². The number of Topliss-reactive ketones (excluding diaryl/α,β-unsaturated/α-hetero) is 1. The summed E-state index contributed by atoms with van der Waals surface area (Å²) in [5, 5.41) is 29.4. The van der Waals surface area contributed by atoms with Gasteiger partial charge in [-0.1, -0.05) is 37.2 Å². The lowest BCUT2D eigenvalue weighted by Crippen LogP contribution is -2.62. The highest BCUT2D eigenvalue weighted by Gasteiger charge is 2.68. The summed E-state index contributed by atoms with van der Waals surface area (Å²) < 4.78 is 2.14. The lowest BCUT2D eigenvalue weighted by Gasteiger charge is -2.60. The molecule has 0 bridgehead atoms. The van der Waals surface area contributed by atoms with Gasteiger partial charge in [0.25, 0.3) is 0 Å². The Kier molecular flexibility index (Phi) is 6.06. The van der Waals surface area contributed by atoms with Gasteiger partial charge in [-0.15, -0.1) is 0 Å². The maximum Gasteiger partial charge on any atom is 0.175 e. The summed E-state index contributed by atoms with van der Waals surface area (Å²) in [4.78, 5) is 17.9. The van der Waals surface area contributed by atoms with Crippen LogP contribution in [-0.4, -0.2) is 48.2 Å². The molecule has 6 nitrogen and oxygen atoms in total. The largest absolute Gasteiger partial charge is 0.393 e. The number of aliphatic hydroxyl groups is 2. The van der Waals surface area contributed by atoms with E-state index in [-0.39, 0.29) is 40.2 Å². The van der Waals surface area contributed by atoms with Crippen molar-refractivity contribution >= 4 is 23.6 Å². The zero-order chi connectivity index (χ0) is 27.1. The summed E-state index contributed by atoms with van der Waals surface area (Å²) in [6.07, 6.45) is 10.2. The number of hydrogen-bond donors (Lipinski definition) is 2. The van der Waals surface area contributed by atoms with Gasteiger partial charge in [0, 0.05) is 11.6 Å². The molecule has 0 spiro atoms. The van der Waals surface area contributed by atoms with Crippen LogP contribution in [0.3, 0.4) is 0 Å². The quantitative estimate of drug-likeness (QED) is 0.518. The molecule has 0 saturated heterocycles. The van der Waals surface area contributed by atoms with E-state index in [0.717, 1.165) is 30.7 Å². The molecular formula is C31H41N3O3S. The van der Waals surface area contributed by atoms with Gasteiger partial charge in [0.05, 0.1) is 34.3 Å². The number of fused-ring (bicyclic) bond motifs is 6. The van der Waals surface area contributed by atoms with Crippen LogP contribution in [0.1, 0.15) is 78.0 Å². The number of carbonyl (C=O) groups excluding carboxylic acids is 1. The maximum absolute atomic E-state index is 13.6. The molecule has 7 heteroatoms. The van der Waals surface area contributed by atoms with Gasteiger partial charge < -0.3 is 10.2 Å². The molecule has 3 fully saturated rings. The van der Waals surface area contributed by atoms with Gasteiger partial charge in [0.1, 0.15) is 5.60 Å². The molecule has 4 aliphatic rings. The van der Waals surface area contributed by atoms with E-state index in [2.05, 4.69) is 50.4 Å². The predicted molar refractivity (Wildman–Crippen MR) is 150 cm³/mol. The van der Waals surface area contributed by atoms with Gasteiger partial charge in [-0.25, -0.2) is 4.98 Å². The average molecular weight is 536 g/mol. The van der Waals surface area contributed by atoms with E-state index in [9.17, 15) is 15.0 Å². The topological polar surface area (TPSA) is 88.2 Å². The van der Waals surface area contributed by atoms with Crippen molar-refractivity contribution in [1.29, 1.82) is 0 Å². The molecule has 6 unspecified atom stereocenters. The number of pyridine rings is 1. The number of allylic oxidation sites excluding steroid dienone is 1. The number of thioether (sulfide) groups is 1. The normalized spacial score (nSPS) is 38.0. The molecule has 0 amide bonds. The molecule has 204 valence electrons. The lowest BCUT2D eigenvalue weighted by molar-refractivity contribution is -0.177. The first-order valence-corrected chi connectivity index (χ1v) is 15.1. The summed E-state index contributed by atoms with van der Waals surface area (Å²) in [6, 6.07) is 5.66. The van der Waals surface area contributed by atoms with Crippen LogP contribution in [0.4, 0.5) is 0 Å². The molecule has 0 aliphatic heterocycles. The standard InChI is InChI=1S/C31H41N3O3S/c1-28(2,3)34-23-14-20-9-10-21-22-11-12-31(37,25(36)18-38-26-8-6-7-13-32-26)30(22,5)16-24(35)27(21)29(20,4)15-19(23)17-33-34/h6-8,13-14,17,21-22,24,27,35,37H,9-12,15-16,18H2,1-5H3/t21?,22?,24?,27?,29?,30?,31-/m0/s1. The number of rotatable bonds is 4. The Labute approximate surface area is 230 Å². The molecule has 2 aromatic heterocycles. The van der Waals surface area contributed by atoms with Gasteiger partial charge in [-0.05, 0) is 106 Å². The number of hydrogen-bond acceptors (Lipinski definition) is 6. The molecule has 2 aromatic rings. The van der Waals surface area contributed by atoms with E-state index in [4.69, 9.17) is 5.10 Å². The minimum Gasteiger partial charge on any atom is -0.393 e. The predicted octanol–water partition coefficient (Wildman–Crippen LogP) is 5.28. The van der Waals surface area contributed by atoms with Gasteiger partial charge >= 0.3 is 0 Å². The van der Waals surface area contributed by atoms with Crippen molar-refractivity contribution in [2.24, 2.45) is 28.6 Å². The molecule has 2 N–H and O–H groups in total. The fourth-order valence-electron chi connectivity index (χ4n) is 8.87. The number of aromatic nitrogens is 3. The average Bonchev–Trinajstić information content (AvgIpc) is 3.39. The molecule has 6 rings (SSSR count). The van der Waals surface area contributed by atoms with Crippen LogP contribution in [0.2, 0.25) is 0 Å². The molecule has 3 saturated carbocycles. The molecular weight excluding hydrogens is 494 g/mol. The summed E-state index contributed by atoms with van der Waals surface area (Å²) >= 11 is 1.39. The van der Waals surface area contributed by atoms with E-state index in [1.54, 1.807) is 6.20 Å². The highest BCUT2D eigenvalue weighted by molar-refractivity contribution is 7.99. The van der Waals surface area contributed by atoms with Crippen LogP contribution in [0.5, 0.6) is 0 Å². The lowest BCUT2D eigenvalue weighted by atomic mass is 9.45. The first-order chi connectivity index (χ1) is 17.9. The van der Waals surface area contributed by atoms with Gasteiger partial charge in [0.15, 0.2) is 5.78 Å². The Morgan fingerprint density at radius 2 is 2.03 bits per heavy atom. The minimum atomic E-state index is -1.41. The van der Waals surface area contributed by atoms with Crippen molar-refractivity contribution in [3.63, 3.8) is 0 Å².